The normalized spacial score (nSPS) is 17.1. The van der Waals surface area contributed by atoms with Gasteiger partial charge in [0.25, 0.3) is 0 Å². The predicted molar refractivity (Wildman–Crippen MR) is 117 cm³/mol. The molecule has 1 fully saturated rings. The van der Waals surface area contributed by atoms with Gasteiger partial charge < -0.3 is 14.5 Å². The minimum Gasteiger partial charge on any atom is -0.489 e. The van der Waals surface area contributed by atoms with Gasteiger partial charge >= 0.3 is 0 Å². The highest BCUT2D eigenvalue weighted by Crippen LogP contribution is 2.27. The minimum atomic E-state index is -0.424. The summed E-state index contributed by atoms with van der Waals surface area (Å²) in [6.45, 7) is 5.29. The van der Waals surface area contributed by atoms with Crippen molar-refractivity contribution < 1.29 is 13.9 Å². The van der Waals surface area contributed by atoms with Crippen molar-refractivity contribution in [2.45, 2.75) is 51.6 Å². The molecule has 0 radical (unpaired) electrons. The van der Waals surface area contributed by atoms with Crippen LogP contribution < -0.4 is 14.5 Å². The maximum absolute atomic E-state index is 14.2. The van der Waals surface area contributed by atoms with E-state index in [1.807, 2.05) is 50.2 Å². The van der Waals surface area contributed by atoms with Gasteiger partial charge in [0.15, 0.2) is 11.6 Å². The monoisotopic (exact) mass is 414 g/mol. The van der Waals surface area contributed by atoms with Crippen molar-refractivity contribution in [2.75, 3.05) is 37.0 Å². The lowest BCUT2D eigenvalue weighted by atomic mass is 9.94. The van der Waals surface area contributed by atoms with Crippen LogP contribution in [0.15, 0.2) is 30.5 Å². The van der Waals surface area contributed by atoms with Crippen LogP contribution in [0.4, 0.5) is 16.2 Å². The Bertz CT molecular complexity index is 857. The topological polar surface area (TPSA) is 58.6 Å². The third-order valence-electron chi connectivity index (χ3n) is 5.50. The molecule has 1 aromatic carbocycles. The maximum Gasteiger partial charge on any atom is 0.226 e. The Hall–Kier alpha value is -2.70. The van der Waals surface area contributed by atoms with Gasteiger partial charge in [-0.2, -0.15) is 4.98 Å². The molecule has 7 heteroatoms. The summed E-state index contributed by atoms with van der Waals surface area (Å²) < 4.78 is 20.4. The van der Waals surface area contributed by atoms with Gasteiger partial charge in [0.1, 0.15) is 17.6 Å². The number of halogens is 1. The second kappa shape index (κ2) is 9.87. The molecule has 0 amide bonds. The van der Waals surface area contributed by atoms with Crippen molar-refractivity contribution in [3.63, 3.8) is 0 Å². The van der Waals surface area contributed by atoms with Crippen LogP contribution in [0.5, 0.6) is 5.75 Å². The van der Waals surface area contributed by atoms with Crippen LogP contribution in [-0.2, 0) is 4.79 Å². The number of ketones is 1. The summed E-state index contributed by atoms with van der Waals surface area (Å²) >= 11 is 0. The Morgan fingerprint density at radius 1 is 1.33 bits per heavy atom. The number of aromatic nitrogens is 2. The molecule has 162 valence electrons. The molecule has 6 nitrogen and oxygen atoms in total. The number of carbonyl (C=O) groups is 1. The number of Topliss-reactive ketones (excluding diaryl/α,β-unsaturated/α-hetero) is 1. The molecule has 2 unspecified atom stereocenters. The molecule has 3 rings (SSSR count). The lowest BCUT2D eigenvalue weighted by molar-refractivity contribution is -0.120. The summed E-state index contributed by atoms with van der Waals surface area (Å²) in [7, 11) is 3.66. The van der Waals surface area contributed by atoms with Crippen LogP contribution >= 0.6 is 0 Å². The van der Waals surface area contributed by atoms with Crippen molar-refractivity contribution >= 4 is 17.5 Å². The summed E-state index contributed by atoms with van der Waals surface area (Å²) in [4.78, 5) is 24.3. The predicted octanol–water partition coefficient (Wildman–Crippen LogP) is 4.20. The molecule has 0 aliphatic carbocycles. The van der Waals surface area contributed by atoms with Gasteiger partial charge in [-0.25, -0.2) is 9.37 Å². The number of hydrogen-bond acceptors (Lipinski definition) is 6. The third-order valence-corrected chi connectivity index (χ3v) is 5.50. The molecular weight excluding hydrogens is 383 g/mol. The highest BCUT2D eigenvalue weighted by atomic mass is 19.1. The zero-order valence-electron chi connectivity index (χ0n) is 18.3. The maximum atomic E-state index is 14.2. The number of nitrogens with zero attached hydrogens (tertiary/aromatic N) is 4. The van der Waals surface area contributed by atoms with Crippen molar-refractivity contribution in [1.29, 1.82) is 0 Å². The number of rotatable bonds is 9. The molecule has 1 saturated heterocycles. The first kappa shape index (κ1) is 22.0. The third kappa shape index (κ3) is 5.26. The van der Waals surface area contributed by atoms with Crippen LogP contribution in [0.25, 0.3) is 0 Å². The highest BCUT2D eigenvalue weighted by Gasteiger charge is 2.27. The molecular formula is C23H31FN4O2. The minimum absolute atomic E-state index is 0.0448. The molecule has 1 aliphatic heterocycles. The van der Waals surface area contributed by atoms with Gasteiger partial charge in [-0.3, -0.25) is 4.79 Å². The quantitative estimate of drug-likeness (QED) is 0.613. The van der Waals surface area contributed by atoms with Crippen LogP contribution in [0, 0.1) is 5.82 Å². The zero-order chi connectivity index (χ0) is 21.7. The SMILES string of the molecule is CCCCC(=O)C(C)c1ccc(OC2CCN(c3nc(N(C)C)ncc3F)C2)cc1. The van der Waals surface area contributed by atoms with Crippen molar-refractivity contribution in [3.05, 3.63) is 41.8 Å². The molecule has 0 N–H and O–H groups in total. The van der Waals surface area contributed by atoms with E-state index in [2.05, 4.69) is 16.9 Å². The largest absolute Gasteiger partial charge is 0.489 e. The van der Waals surface area contributed by atoms with E-state index < -0.39 is 5.82 Å². The molecule has 0 spiro atoms. The molecule has 2 heterocycles. The van der Waals surface area contributed by atoms with Gasteiger partial charge in [0, 0.05) is 39.4 Å². The number of carbonyl (C=O) groups excluding carboxylic acids is 1. The van der Waals surface area contributed by atoms with E-state index in [0.717, 1.165) is 30.6 Å². The van der Waals surface area contributed by atoms with E-state index in [0.29, 0.717) is 31.3 Å². The number of hydrogen-bond donors (Lipinski definition) is 0. The summed E-state index contributed by atoms with van der Waals surface area (Å²) in [6, 6.07) is 7.75. The van der Waals surface area contributed by atoms with Crippen molar-refractivity contribution in [2.24, 2.45) is 0 Å². The van der Waals surface area contributed by atoms with Gasteiger partial charge in [0.2, 0.25) is 5.95 Å². The smallest absolute Gasteiger partial charge is 0.226 e. The molecule has 30 heavy (non-hydrogen) atoms. The number of anilines is 2. The Balaban J connectivity index is 1.59. The lowest BCUT2D eigenvalue weighted by Gasteiger charge is -2.20. The van der Waals surface area contributed by atoms with E-state index in [4.69, 9.17) is 4.74 Å². The van der Waals surface area contributed by atoms with Crippen LogP contribution in [0.1, 0.15) is 51.0 Å². The van der Waals surface area contributed by atoms with Gasteiger partial charge in [-0.1, -0.05) is 32.4 Å². The molecule has 0 bridgehead atoms. The number of unbranched alkanes of at least 4 members (excludes halogenated alkanes) is 1. The van der Waals surface area contributed by atoms with Crippen LogP contribution in [-0.4, -0.2) is 49.0 Å². The number of ether oxygens (including phenoxy) is 1. The average molecular weight is 415 g/mol. The first-order valence-electron chi connectivity index (χ1n) is 10.6. The Kier molecular flexibility index (Phi) is 7.24. The molecule has 1 aliphatic rings. The van der Waals surface area contributed by atoms with Crippen LogP contribution in [0.2, 0.25) is 0 Å². The number of benzene rings is 1. The highest BCUT2D eigenvalue weighted by molar-refractivity contribution is 5.85. The second-order valence-corrected chi connectivity index (χ2v) is 8.07. The van der Waals surface area contributed by atoms with Gasteiger partial charge in [0.05, 0.1) is 12.7 Å². The van der Waals surface area contributed by atoms with E-state index >= 15 is 0 Å². The first-order valence-corrected chi connectivity index (χ1v) is 10.6. The Labute approximate surface area is 178 Å². The molecule has 1 aromatic heterocycles. The van der Waals surface area contributed by atoms with E-state index in [9.17, 15) is 9.18 Å². The lowest BCUT2D eigenvalue weighted by Crippen LogP contribution is -2.27. The summed E-state index contributed by atoms with van der Waals surface area (Å²) in [5.74, 6) is 1.31. The van der Waals surface area contributed by atoms with Crippen molar-refractivity contribution in [3.8, 4) is 5.75 Å². The summed E-state index contributed by atoms with van der Waals surface area (Å²) in [5.41, 5.74) is 1.01. The van der Waals surface area contributed by atoms with Gasteiger partial charge in [-0.05, 0) is 24.1 Å². The summed E-state index contributed by atoms with van der Waals surface area (Å²) in [5, 5.41) is 0. The van der Waals surface area contributed by atoms with E-state index in [-0.39, 0.29) is 17.8 Å². The average Bonchev–Trinajstić information content (AvgIpc) is 3.20. The van der Waals surface area contributed by atoms with E-state index in [1.54, 1.807) is 4.90 Å². The second-order valence-electron chi connectivity index (χ2n) is 8.07. The van der Waals surface area contributed by atoms with Crippen LogP contribution in [0.3, 0.4) is 0 Å². The van der Waals surface area contributed by atoms with E-state index in [1.165, 1.54) is 6.20 Å². The standard InChI is InChI=1S/C23H31FN4O2/c1-5-6-7-21(29)16(2)17-8-10-18(11-9-17)30-19-12-13-28(15-19)22-20(24)14-25-23(26-22)27(3)4/h8-11,14,16,19H,5-7,12-13,15H2,1-4H3. The zero-order valence-corrected chi connectivity index (χ0v) is 18.3. The van der Waals surface area contributed by atoms with Crippen molar-refractivity contribution in [1.82, 2.24) is 9.97 Å². The first-order chi connectivity index (χ1) is 14.4. The fraction of sp³-hybridized carbons (Fsp3) is 0.522. The Morgan fingerprint density at radius 2 is 2.07 bits per heavy atom. The molecule has 2 aromatic rings. The Morgan fingerprint density at radius 3 is 2.73 bits per heavy atom. The fourth-order valence-electron chi connectivity index (χ4n) is 3.58. The molecule has 2 atom stereocenters. The van der Waals surface area contributed by atoms with Gasteiger partial charge in [-0.15, -0.1) is 0 Å². The molecule has 0 saturated carbocycles. The summed E-state index contributed by atoms with van der Waals surface area (Å²) in [6.07, 6.45) is 4.55. The fourth-order valence-corrected chi connectivity index (χ4v) is 3.58.